The van der Waals surface area contributed by atoms with E-state index in [1.54, 1.807) is 19.2 Å². The third-order valence-electron chi connectivity index (χ3n) is 2.59. The number of likely N-dealkylation sites (N-methyl/N-ethyl adjacent to an activating group) is 1. The Kier molecular flexibility index (Phi) is 5.34. The molecule has 1 atom stereocenters. The summed E-state index contributed by atoms with van der Waals surface area (Å²) in [6, 6.07) is 4.31. The second kappa shape index (κ2) is 6.54. The van der Waals surface area contributed by atoms with Gasteiger partial charge in [0.15, 0.2) is 6.29 Å². The molecule has 0 aliphatic rings. The number of nitrogens with one attached hydrogen (secondary N) is 1. The molecule has 1 aromatic carbocycles. The van der Waals surface area contributed by atoms with Crippen LogP contribution in [0.25, 0.3) is 0 Å². The average molecular weight is 243 g/mol. The second-order valence-corrected chi connectivity index (χ2v) is 3.49. The van der Waals surface area contributed by atoms with Crippen molar-refractivity contribution in [3.8, 4) is 5.75 Å². The largest absolute Gasteiger partial charge is 0.497 e. The minimum absolute atomic E-state index is 0.359. The molecular weight excluding hydrogens is 225 g/mol. The van der Waals surface area contributed by atoms with E-state index in [1.807, 2.05) is 0 Å². The van der Waals surface area contributed by atoms with E-state index in [0.29, 0.717) is 11.3 Å². The van der Waals surface area contributed by atoms with Crippen LogP contribution in [-0.2, 0) is 9.47 Å². The molecule has 0 aliphatic carbocycles. The first kappa shape index (κ1) is 13.9. The lowest BCUT2D eigenvalue weighted by Gasteiger charge is -2.25. The highest BCUT2D eigenvalue weighted by Gasteiger charge is 2.24. The molecule has 1 N–H and O–H groups in total. The molecule has 0 amide bonds. The van der Waals surface area contributed by atoms with E-state index < -0.39 is 6.29 Å². The summed E-state index contributed by atoms with van der Waals surface area (Å²) in [5.74, 6) is 0.121. The molecule has 0 aliphatic heterocycles. The monoisotopic (exact) mass is 243 g/mol. The van der Waals surface area contributed by atoms with Gasteiger partial charge in [0.1, 0.15) is 11.6 Å². The van der Waals surface area contributed by atoms with E-state index >= 15 is 0 Å². The Morgan fingerprint density at radius 3 is 2.24 bits per heavy atom. The van der Waals surface area contributed by atoms with E-state index in [2.05, 4.69) is 5.32 Å². The maximum absolute atomic E-state index is 13.9. The van der Waals surface area contributed by atoms with Crippen LogP contribution in [0, 0.1) is 5.82 Å². The molecule has 0 bridgehead atoms. The van der Waals surface area contributed by atoms with E-state index in [1.165, 1.54) is 27.4 Å². The summed E-state index contributed by atoms with van der Waals surface area (Å²) in [4.78, 5) is 0. The summed E-state index contributed by atoms with van der Waals surface area (Å²) < 4.78 is 29.1. The molecule has 96 valence electrons. The highest BCUT2D eigenvalue weighted by Crippen LogP contribution is 2.25. The minimum Gasteiger partial charge on any atom is -0.497 e. The van der Waals surface area contributed by atoms with Gasteiger partial charge in [-0.25, -0.2) is 4.39 Å². The van der Waals surface area contributed by atoms with Crippen LogP contribution in [0.5, 0.6) is 5.75 Å². The van der Waals surface area contributed by atoms with Crippen LogP contribution in [0.3, 0.4) is 0 Å². The topological polar surface area (TPSA) is 39.7 Å². The Balaban J connectivity index is 3.03. The Labute approximate surface area is 101 Å². The van der Waals surface area contributed by atoms with Crippen molar-refractivity contribution in [3.63, 3.8) is 0 Å². The molecule has 5 heteroatoms. The van der Waals surface area contributed by atoms with Crippen LogP contribution in [0.4, 0.5) is 4.39 Å². The molecule has 0 saturated carbocycles. The molecular formula is C12H18FNO3. The average Bonchev–Trinajstić information content (AvgIpc) is 2.36. The fraction of sp³-hybridized carbons (Fsp3) is 0.500. The first-order chi connectivity index (χ1) is 8.17. The first-order valence-corrected chi connectivity index (χ1v) is 5.24. The Bertz CT molecular complexity index is 356. The Morgan fingerprint density at radius 1 is 1.18 bits per heavy atom. The number of methoxy groups -OCH3 is 3. The van der Waals surface area contributed by atoms with Crippen molar-refractivity contribution in [2.24, 2.45) is 0 Å². The number of hydrogen-bond acceptors (Lipinski definition) is 4. The molecule has 0 aromatic heterocycles. The van der Waals surface area contributed by atoms with Crippen LogP contribution >= 0.6 is 0 Å². The van der Waals surface area contributed by atoms with E-state index in [9.17, 15) is 4.39 Å². The van der Waals surface area contributed by atoms with Gasteiger partial charge in [-0.2, -0.15) is 0 Å². The smallest absolute Gasteiger partial charge is 0.176 e. The third kappa shape index (κ3) is 3.15. The van der Waals surface area contributed by atoms with Crippen LogP contribution in [-0.4, -0.2) is 34.7 Å². The minimum atomic E-state index is -0.553. The predicted octanol–water partition coefficient (Wildman–Crippen LogP) is 1.71. The van der Waals surface area contributed by atoms with Gasteiger partial charge in [-0.15, -0.1) is 0 Å². The van der Waals surface area contributed by atoms with Crippen molar-refractivity contribution in [1.29, 1.82) is 0 Å². The van der Waals surface area contributed by atoms with Crippen molar-refractivity contribution < 1.29 is 18.6 Å². The fourth-order valence-corrected chi connectivity index (χ4v) is 1.69. The number of rotatable bonds is 6. The number of ether oxygens (including phenoxy) is 3. The molecule has 17 heavy (non-hydrogen) atoms. The SMILES string of the molecule is CNC(c1ccc(OC)cc1F)C(OC)OC. The highest BCUT2D eigenvalue weighted by atomic mass is 19.1. The summed E-state index contributed by atoms with van der Waals surface area (Å²) in [5.41, 5.74) is 0.474. The molecule has 0 radical (unpaired) electrons. The van der Waals surface area contributed by atoms with Gasteiger partial charge in [0.25, 0.3) is 0 Å². The normalized spacial score (nSPS) is 12.8. The van der Waals surface area contributed by atoms with Crippen molar-refractivity contribution in [2.45, 2.75) is 12.3 Å². The van der Waals surface area contributed by atoms with Gasteiger partial charge in [-0.3, -0.25) is 0 Å². The zero-order valence-electron chi connectivity index (χ0n) is 10.5. The van der Waals surface area contributed by atoms with E-state index in [4.69, 9.17) is 14.2 Å². The second-order valence-electron chi connectivity index (χ2n) is 3.49. The molecule has 0 fully saturated rings. The van der Waals surface area contributed by atoms with Gasteiger partial charge in [0.05, 0.1) is 13.2 Å². The summed E-state index contributed by atoms with van der Waals surface area (Å²) in [5, 5.41) is 2.97. The summed E-state index contributed by atoms with van der Waals surface area (Å²) >= 11 is 0. The van der Waals surface area contributed by atoms with Gasteiger partial charge in [-0.1, -0.05) is 6.07 Å². The summed E-state index contributed by atoms with van der Waals surface area (Å²) in [6.45, 7) is 0. The first-order valence-electron chi connectivity index (χ1n) is 5.24. The zero-order valence-corrected chi connectivity index (χ0v) is 10.5. The summed E-state index contributed by atoms with van der Waals surface area (Å²) in [7, 11) is 6.25. The Hall–Kier alpha value is -1.17. The molecule has 0 heterocycles. The molecule has 1 unspecified atom stereocenters. The standard InChI is InChI=1S/C12H18FNO3/c1-14-11(12(16-3)17-4)9-6-5-8(15-2)7-10(9)13/h5-7,11-12,14H,1-4H3. The van der Waals surface area contributed by atoms with E-state index in [0.717, 1.165) is 0 Å². The predicted molar refractivity (Wildman–Crippen MR) is 62.6 cm³/mol. The quantitative estimate of drug-likeness (QED) is 0.772. The lowest BCUT2D eigenvalue weighted by Crippen LogP contribution is -2.33. The highest BCUT2D eigenvalue weighted by molar-refractivity contribution is 5.31. The molecule has 0 spiro atoms. The zero-order chi connectivity index (χ0) is 12.8. The van der Waals surface area contributed by atoms with Crippen molar-refractivity contribution in [3.05, 3.63) is 29.6 Å². The molecule has 4 nitrogen and oxygen atoms in total. The van der Waals surface area contributed by atoms with Gasteiger partial charge < -0.3 is 19.5 Å². The van der Waals surface area contributed by atoms with Crippen LogP contribution in [0.15, 0.2) is 18.2 Å². The number of halogens is 1. The van der Waals surface area contributed by atoms with Gasteiger partial charge in [-0.05, 0) is 13.1 Å². The van der Waals surface area contributed by atoms with Gasteiger partial charge in [0, 0.05) is 25.8 Å². The summed E-state index contributed by atoms with van der Waals surface area (Å²) in [6.07, 6.45) is -0.553. The van der Waals surface area contributed by atoms with Crippen molar-refractivity contribution in [2.75, 3.05) is 28.4 Å². The van der Waals surface area contributed by atoms with Crippen molar-refractivity contribution in [1.82, 2.24) is 5.32 Å². The Morgan fingerprint density at radius 2 is 1.82 bits per heavy atom. The van der Waals surface area contributed by atoms with Crippen LogP contribution < -0.4 is 10.1 Å². The fourth-order valence-electron chi connectivity index (χ4n) is 1.69. The van der Waals surface area contributed by atoms with Gasteiger partial charge >= 0.3 is 0 Å². The number of benzene rings is 1. The lowest BCUT2D eigenvalue weighted by atomic mass is 10.1. The maximum Gasteiger partial charge on any atom is 0.176 e. The maximum atomic E-state index is 13.9. The van der Waals surface area contributed by atoms with E-state index in [-0.39, 0.29) is 11.9 Å². The van der Waals surface area contributed by atoms with Gasteiger partial charge in [0.2, 0.25) is 0 Å². The molecule has 1 rings (SSSR count). The molecule has 0 saturated heterocycles. The van der Waals surface area contributed by atoms with Crippen LogP contribution in [0.2, 0.25) is 0 Å². The van der Waals surface area contributed by atoms with Crippen LogP contribution in [0.1, 0.15) is 11.6 Å². The third-order valence-corrected chi connectivity index (χ3v) is 2.59. The van der Waals surface area contributed by atoms with Crippen molar-refractivity contribution >= 4 is 0 Å². The number of hydrogen-bond donors (Lipinski definition) is 1. The lowest BCUT2D eigenvalue weighted by molar-refractivity contribution is -0.123. The molecule has 1 aromatic rings.